The lowest BCUT2D eigenvalue weighted by molar-refractivity contribution is -0.124. The molecular formula is C7H10F3N. The Morgan fingerprint density at radius 3 is 2.45 bits per heavy atom. The molecule has 0 fully saturated rings. The van der Waals surface area contributed by atoms with Crippen LogP contribution in [0.3, 0.4) is 0 Å². The van der Waals surface area contributed by atoms with Gasteiger partial charge in [-0.15, -0.1) is 12.3 Å². The molecule has 0 aliphatic rings. The maximum Gasteiger partial charge on any atom is 0.401 e. The summed E-state index contributed by atoms with van der Waals surface area (Å²) in [4.78, 5) is 0. The van der Waals surface area contributed by atoms with Gasteiger partial charge in [0.25, 0.3) is 0 Å². The van der Waals surface area contributed by atoms with Gasteiger partial charge in [0.1, 0.15) is 0 Å². The van der Waals surface area contributed by atoms with Crippen LogP contribution < -0.4 is 5.32 Å². The average molecular weight is 165 g/mol. The Balaban J connectivity index is 3.10. The van der Waals surface area contributed by atoms with Gasteiger partial charge in [0.15, 0.2) is 0 Å². The highest BCUT2D eigenvalue weighted by Crippen LogP contribution is 2.11. The van der Waals surface area contributed by atoms with E-state index in [2.05, 4.69) is 11.2 Å². The number of nitrogens with one attached hydrogen (secondary N) is 1. The summed E-state index contributed by atoms with van der Waals surface area (Å²) in [5.74, 6) is 2.34. The summed E-state index contributed by atoms with van der Waals surface area (Å²) in [5.41, 5.74) is 0. The van der Waals surface area contributed by atoms with Gasteiger partial charge >= 0.3 is 6.18 Å². The summed E-state index contributed by atoms with van der Waals surface area (Å²) in [6.07, 6.45) is 1.89. The number of halogens is 3. The number of hydrogen-bond donors (Lipinski definition) is 1. The molecule has 0 atom stereocenters. The van der Waals surface area contributed by atoms with Crippen LogP contribution in [0.2, 0.25) is 0 Å². The van der Waals surface area contributed by atoms with Crippen molar-refractivity contribution in [3.8, 4) is 12.3 Å². The zero-order valence-electron chi connectivity index (χ0n) is 6.04. The molecule has 0 spiro atoms. The zero-order chi connectivity index (χ0) is 8.74. The molecule has 11 heavy (non-hydrogen) atoms. The van der Waals surface area contributed by atoms with E-state index in [1.54, 1.807) is 0 Å². The third kappa shape index (κ3) is 9.31. The van der Waals surface area contributed by atoms with Gasteiger partial charge in [-0.1, -0.05) is 0 Å². The van der Waals surface area contributed by atoms with E-state index in [0.717, 1.165) is 0 Å². The summed E-state index contributed by atoms with van der Waals surface area (Å²) in [6.45, 7) is -0.610. The van der Waals surface area contributed by atoms with Gasteiger partial charge in [0.05, 0.1) is 6.54 Å². The Bertz CT molecular complexity index is 134. The van der Waals surface area contributed by atoms with Gasteiger partial charge < -0.3 is 5.32 Å². The number of unbranched alkanes of at least 4 members (excludes halogenated alkanes) is 1. The van der Waals surface area contributed by atoms with Crippen LogP contribution >= 0.6 is 0 Å². The lowest BCUT2D eigenvalue weighted by Crippen LogP contribution is -2.29. The summed E-state index contributed by atoms with van der Waals surface area (Å²) in [5, 5.41) is 2.24. The first kappa shape index (κ1) is 10.3. The van der Waals surface area contributed by atoms with Crippen molar-refractivity contribution in [2.24, 2.45) is 0 Å². The second-order valence-corrected chi connectivity index (χ2v) is 2.10. The van der Waals surface area contributed by atoms with Crippen molar-refractivity contribution >= 4 is 0 Å². The summed E-state index contributed by atoms with van der Waals surface area (Å²) < 4.78 is 34.4. The smallest absolute Gasteiger partial charge is 0.309 e. The van der Waals surface area contributed by atoms with Gasteiger partial charge in [-0.3, -0.25) is 0 Å². The van der Waals surface area contributed by atoms with Crippen LogP contribution in [0.15, 0.2) is 0 Å². The molecule has 0 unspecified atom stereocenters. The minimum absolute atomic E-state index is 0.323. The Labute approximate surface area is 64.0 Å². The fraction of sp³-hybridized carbons (Fsp3) is 0.714. The molecule has 0 aliphatic heterocycles. The minimum Gasteiger partial charge on any atom is -0.309 e. The third-order valence-corrected chi connectivity index (χ3v) is 1.00. The van der Waals surface area contributed by atoms with Gasteiger partial charge in [-0.05, 0) is 13.0 Å². The zero-order valence-corrected chi connectivity index (χ0v) is 6.04. The molecule has 0 rings (SSSR count). The van der Waals surface area contributed by atoms with Crippen LogP contribution in [0.1, 0.15) is 12.8 Å². The number of rotatable bonds is 4. The average Bonchev–Trinajstić information content (AvgIpc) is 1.85. The highest BCUT2D eigenvalue weighted by atomic mass is 19.4. The van der Waals surface area contributed by atoms with E-state index < -0.39 is 12.7 Å². The first-order valence-electron chi connectivity index (χ1n) is 3.27. The maximum absolute atomic E-state index is 11.5. The van der Waals surface area contributed by atoms with E-state index >= 15 is 0 Å². The van der Waals surface area contributed by atoms with Crippen molar-refractivity contribution in [3.05, 3.63) is 0 Å². The van der Waals surface area contributed by atoms with E-state index in [-0.39, 0.29) is 0 Å². The van der Waals surface area contributed by atoms with E-state index in [1.807, 2.05) is 0 Å². The largest absolute Gasteiger partial charge is 0.401 e. The molecule has 0 heterocycles. The lowest BCUT2D eigenvalue weighted by Gasteiger charge is -2.06. The van der Waals surface area contributed by atoms with Crippen molar-refractivity contribution in [2.75, 3.05) is 13.1 Å². The molecule has 0 saturated carbocycles. The molecule has 0 amide bonds. The molecule has 0 aromatic carbocycles. The van der Waals surface area contributed by atoms with E-state index in [1.165, 1.54) is 0 Å². The molecule has 64 valence electrons. The maximum atomic E-state index is 11.5. The second-order valence-electron chi connectivity index (χ2n) is 2.10. The molecule has 0 aliphatic carbocycles. The Morgan fingerprint density at radius 2 is 2.00 bits per heavy atom. The van der Waals surface area contributed by atoms with Gasteiger partial charge in [-0.25, -0.2) is 0 Å². The normalized spacial score (nSPS) is 11.1. The standard InChI is InChI=1S/C7H10F3N/c1-2-3-4-5-11-6-7(8,9)10/h1,11H,3-6H2. The van der Waals surface area contributed by atoms with Crippen LogP contribution in [0.5, 0.6) is 0 Å². The molecule has 0 saturated heterocycles. The Hall–Kier alpha value is -0.690. The number of alkyl halides is 3. The Kier molecular flexibility index (Phi) is 4.71. The monoisotopic (exact) mass is 165 g/mol. The third-order valence-electron chi connectivity index (χ3n) is 1.00. The van der Waals surface area contributed by atoms with Crippen LogP contribution in [0.4, 0.5) is 13.2 Å². The fourth-order valence-corrected chi connectivity index (χ4v) is 0.546. The summed E-state index contributed by atoms with van der Waals surface area (Å²) in [6, 6.07) is 0. The molecule has 4 heteroatoms. The Morgan fingerprint density at radius 1 is 1.36 bits per heavy atom. The number of terminal acetylenes is 1. The van der Waals surface area contributed by atoms with Crippen molar-refractivity contribution in [1.82, 2.24) is 5.32 Å². The molecule has 1 nitrogen and oxygen atoms in total. The summed E-state index contributed by atoms with van der Waals surface area (Å²) >= 11 is 0. The molecule has 1 N–H and O–H groups in total. The van der Waals surface area contributed by atoms with Crippen molar-refractivity contribution in [2.45, 2.75) is 19.0 Å². The molecule has 0 radical (unpaired) electrons. The first-order valence-corrected chi connectivity index (χ1v) is 3.27. The van der Waals surface area contributed by atoms with E-state index in [4.69, 9.17) is 6.42 Å². The van der Waals surface area contributed by atoms with Crippen molar-refractivity contribution < 1.29 is 13.2 Å². The molecule has 0 aromatic heterocycles. The first-order chi connectivity index (χ1) is 5.06. The molecule has 0 aromatic rings. The van der Waals surface area contributed by atoms with Crippen molar-refractivity contribution in [3.63, 3.8) is 0 Å². The highest BCUT2D eigenvalue weighted by molar-refractivity contribution is 4.83. The van der Waals surface area contributed by atoms with Crippen LogP contribution in [0.25, 0.3) is 0 Å². The van der Waals surface area contributed by atoms with Crippen molar-refractivity contribution in [1.29, 1.82) is 0 Å². The predicted octanol–water partition coefficient (Wildman–Crippen LogP) is 1.55. The van der Waals surface area contributed by atoms with Gasteiger partial charge in [0.2, 0.25) is 0 Å². The minimum atomic E-state index is -4.11. The quantitative estimate of drug-likeness (QED) is 0.492. The highest BCUT2D eigenvalue weighted by Gasteiger charge is 2.25. The van der Waals surface area contributed by atoms with E-state index in [0.29, 0.717) is 19.4 Å². The summed E-state index contributed by atoms with van der Waals surface area (Å²) in [7, 11) is 0. The molecule has 0 bridgehead atoms. The fourth-order valence-electron chi connectivity index (χ4n) is 0.546. The number of hydrogen-bond acceptors (Lipinski definition) is 1. The second kappa shape index (κ2) is 5.03. The molecular weight excluding hydrogens is 155 g/mol. The van der Waals surface area contributed by atoms with E-state index in [9.17, 15) is 13.2 Å². The van der Waals surface area contributed by atoms with Gasteiger partial charge in [0, 0.05) is 6.42 Å². The topological polar surface area (TPSA) is 12.0 Å². The van der Waals surface area contributed by atoms with Crippen LogP contribution in [-0.4, -0.2) is 19.3 Å². The lowest BCUT2D eigenvalue weighted by atomic mass is 10.3. The van der Waals surface area contributed by atoms with Crippen LogP contribution in [0, 0.1) is 12.3 Å². The van der Waals surface area contributed by atoms with Crippen LogP contribution in [-0.2, 0) is 0 Å². The van der Waals surface area contributed by atoms with Gasteiger partial charge in [-0.2, -0.15) is 13.2 Å². The SMILES string of the molecule is C#CCCCNCC(F)(F)F. The predicted molar refractivity (Wildman–Crippen MR) is 37.0 cm³/mol.